The second-order valence-corrected chi connectivity index (χ2v) is 3.68. The normalized spacial score (nSPS) is 8.94. The number of carbonyl (C=O) groups is 1. The van der Waals surface area contributed by atoms with Crippen LogP contribution in [0.2, 0.25) is 0 Å². The molecule has 0 spiro atoms. The summed E-state index contributed by atoms with van der Waals surface area (Å²) in [6.07, 6.45) is 0.902. The van der Waals surface area contributed by atoms with Crippen LogP contribution >= 0.6 is 24.8 Å². The number of benzene rings is 1. The minimum Gasteiger partial charge on any atom is -0.356 e. The zero-order chi connectivity index (χ0) is 10.4. The summed E-state index contributed by atoms with van der Waals surface area (Å²) in [4.78, 5) is 11.2. The third-order valence-electron chi connectivity index (χ3n) is 2.08. The van der Waals surface area contributed by atoms with Gasteiger partial charge < -0.3 is 5.32 Å². The predicted molar refractivity (Wildman–Crippen MR) is 72.5 cm³/mol. The molecule has 0 saturated carbocycles. The molecular weight excluding hydrogens is 245 g/mol. The topological polar surface area (TPSA) is 29.1 Å². The van der Waals surface area contributed by atoms with E-state index < -0.39 is 0 Å². The van der Waals surface area contributed by atoms with Crippen LogP contribution in [0.25, 0.3) is 0 Å². The van der Waals surface area contributed by atoms with Crippen molar-refractivity contribution in [2.75, 3.05) is 6.54 Å². The van der Waals surface area contributed by atoms with Gasteiger partial charge in [-0.2, -0.15) is 0 Å². The molecule has 0 saturated heterocycles. The molecule has 4 heteroatoms. The van der Waals surface area contributed by atoms with Crippen molar-refractivity contribution >= 4 is 30.7 Å². The quantitative estimate of drug-likeness (QED) is 0.890. The number of hydrogen-bond acceptors (Lipinski definition) is 1. The standard InChI is InChI=1S/C12H17NO.2ClH/c1-10(2)12(14)13-9-8-11-6-4-3-5-7-11;;/h3-7,10H,8-9H2,1-2H3,(H,13,14);2*1H. The van der Waals surface area contributed by atoms with E-state index in [1.807, 2.05) is 32.0 Å². The van der Waals surface area contributed by atoms with Gasteiger partial charge in [-0.15, -0.1) is 24.8 Å². The Bertz CT molecular complexity index is 288. The molecule has 16 heavy (non-hydrogen) atoms. The van der Waals surface area contributed by atoms with Crippen molar-refractivity contribution in [1.82, 2.24) is 5.32 Å². The Hall–Kier alpha value is -0.730. The Kier molecular flexibility index (Phi) is 10.5. The molecule has 0 atom stereocenters. The summed E-state index contributed by atoms with van der Waals surface area (Å²) in [7, 11) is 0. The first kappa shape index (κ1) is 17.7. The molecule has 2 nitrogen and oxygen atoms in total. The van der Waals surface area contributed by atoms with E-state index in [0.717, 1.165) is 13.0 Å². The second kappa shape index (κ2) is 9.49. The Balaban J connectivity index is 0. The van der Waals surface area contributed by atoms with Crippen molar-refractivity contribution in [3.05, 3.63) is 35.9 Å². The van der Waals surface area contributed by atoms with Crippen LogP contribution in [0.5, 0.6) is 0 Å². The van der Waals surface area contributed by atoms with E-state index >= 15 is 0 Å². The van der Waals surface area contributed by atoms with Crippen LogP contribution in [0.4, 0.5) is 0 Å². The number of rotatable bonds is 4. The first-order valence-corrected chi connectivity index (χ1v) is 5.02. The molecule has 1 aromatic rings. The summed E-state index contributed by atoms with van der Waals surface area (Å²) in [6.45, 7) is 4.52. The zero-order valence-electron chi connectivity index (χ0n) is 9.60. The van der Waals surface area contributed by atoms with E-state index in [1.165, 1.54) is 5.56 Å². The maximum atomic E-state index is 11.2. The van der Waals surface area contributed by atoms with Crippen LogP contribution in [-0.2, 0) is 11.2 Å². The lowest BCUT2D eigenvalue weighted by molar-refractivity contribution is -0.123. The van der Waals surface area contributed by atoms with Crippen molar-refractivity contribution < 1.29 is 4.79 Å². The Morgan fingerprint density at radius 2 is 1.75 bits per heavy atom. The first-order valence-electron chi connectivity index (χ1n) is 5.02. The molecule has 0 bridgehead atoms. The lowest BCUT2D eigenvalue weighted by atomic mass is 10.1. The fourth-order valence-corrected chi connectivity index (χ4v) is 1.18. The monoisotopic (exact) mass is 263 g/mol. The van der Waals surface area contributed by atoms with E-state index in [2.05, 4.69) is 17.4 Å². The van der Waals surface area contributed by atoms with E-state index in [9.17, 15) is 4.79 Å². The lowest BCUT2D eigenvalue weighted by Crippen LogP contribution is -2.29. The molecule has 0 aliphatic carbocycles. The van der Waals surface area contributed by atoms with E-state index in [4.69, 9.17) is 0 Å². The van der Waals surface area contributed by atoms with Gasteiger partial charge in [-0.05, 0) is 12.0 Å². The molecule has 1 amide bonds. The molecule has 1 aromatic carbocycles. The average molecular weight is 264 g/mol. The maximum Gasteiger partial charge on any atom is 0.222 e. The molecule has 0 radical (unpaired) electrons. The van der Waals surface area contributed by atoms with Gasteiger partial charge >= 0.3 is 0 Å². The third kappa shape index (κ3) is 6.70. The van der Waals surface area contributed by atoms with Gasteiger partial charge in [0.05, 0.1) is 0 Å². The molecule has 1 rings (SSSR count). The van der Waals surface area contributed by atoms with E-state index in [0.29, 0.717) is 0 Å². The van der Waals surface area contributed by atoms with Crippen LogP contribution < -0.4 is 5.32 Å². The number of halogens is 2. The Morgan fingerprint density at radius 3 is 2.25 bits per heavy atom. The van der Waals surface area contributed by atoms with Crippen LogP contribution in [0.3, 0.4) is 0 Å². The fourth-order valence-electron chi connectivity index (χ4n) is 1.18. The molecular formula is C12H19Cl2NO. The summed E-state index contributed by atoms with van der Waals surface area (Å²) in [5.41, 5.74) is 1.26. The van der Waals surface area contributed by atoms with Gasteiger partial charge in [0, 0.05) is 12.5 Å². The highest BCUT2D eigenvalue weighted by molar-refractivity contribution is 5.85. The molecule has 0 fully saturated rings. The molecule has 0 unspecified atom stereocenters. The summed E-state index contributed by atoms with van der Waals surface area (Å²) in [6, 6.07) is 10.2. The van der Waals surface area contributed by atoms with Gasteiger partial charge in [0.2, 0.25) is 5.91 Å². The Morgan fingerprint density at radius 1 is 1.19 bits per heavy atom. The average Bonchev–Trinajstić information content (AvgIpc) is 2.19. The largest absolute Gasteiger partial charge is 0.356 e. The summed E-state index contributed by atoms with van der Waals surface area (Å²) in [5.74, 6) is 0.201. The van der Waals surface area contributed by atoms with Crippen molar-refractivity contribution in [2.24, 2.45) is 5.92 Å². The van der Waals surface area contributed by atoms with Crippen LogP contribution in [0.15, 0.2) is 30.3 Å². The molecule has 92 valence electrons. The number of amides is 1. The maximum absolute atomic E-state index is 11.2. The lowest BCUT2D eigenvalue weighted by Gasteiger charge is -2.07. The van der Waals surface area contributed by atoms with Gasteiger partial charge in [-0.1, -0.05) is 44.2 Å². The number of nitrogens with one attached hydrogen (secondary N) is 1. The zero-order valence-corrected chi connectivity index (χ0v) is 11.2. The van der Waals surface area contributed by atoms with E-state index in [1.54, 1.807) is 0 Å². The smallest absolute Gasteiger partial charge is 0.222 e. The van der Waals surface area contributed by atoms with Crippen molar-refractivity contribution in [2.45, 2.75) is 20.3 Å². The van der Waals surface area contributed by atoms with Crippen molar-refractivity contribution in [1.29, 1.82) is 0 Å². The number of hydrogen-bond donors (Lipinski definition) is 1. The highest BCUT2D eigenvalue weighted by Gasteiger charge is 2.04. The van der Waals surface area contributed by atoms with Gasteiger partial charge in [0.15, 0.2) is 0 Å². The van der Waals surface area contributed by atoms with Crippen LogP contribution in [-0.4, -0.2) is 12.5 Å². The van der Waals surface area contributed by atoms with Crippen LogP contribution in [0, 0.1) is 5.92 Å². The molecule has 0 heterocycles. The molecule has 0 aromatic heterocycles. The fraction of sp³-hybridized carbons (Fsp3) is 0.417. The van der Waals surface area contributed by atoms with Gasteiger partial charge in [0.25, 0.3) is 0 Å². The highest BCUT2D eigenvalue weighted by Crippen LogP contribution is 1.98. The highest BCUT2D eigenvalue weighted by atomic mass is 35.5. The molecule has 0 aliphatic rings. The summed E-state index contributed by atoms with van der Waals surface area (Å²) >= 11 is 0. The summed E-state index contributed by atoms with van der Waals surface area (Å²) in [5, 5.41) is 2.89. The van der Waals surface area contributed by atoms with Gasteiger partial charge in [-0.25, -0.2) is 0 Å². The van der Waals surface area contributed by atoms with E-state index in [-0.39, 0.29) is 36.6 Å². The minimum atomic E-state index is 0. The molecule has 1 N–H and O–H groups in total. The summed E-state index contributed by atoms with van der Waals surface area (Å²) < 4.78 is 0. The van der Waals surface area contributed by atoms with Crippen molar-refractivity contribution in [3.63, 3.8) is 0 Å². The molecule has 0 aliphatic heterocycles. The van der Waals surface area contributed by atoms with Gasteiger partial charge in [0.1, 0.15) is 0 Å². The SMILES string of the molecule is CC(C)C(=O)NCCc1ccccc1.Cl.Cl. The predicted octanol–water partition coefficient (Wildman–Crippen LogP) is 2.84. The first-order chi connectivity index (χ1) is 6.70. The Labute approximate surface area is 110 Å². The van der Waals surface area contributed by atoms with Gasteiger partial charge in [-0.3, -0.25) is 4.79 Å². The van der Waals surface area contributed by atoms with Crippen LogP contribution in [0.1, 0.15) is 19.4 Å². The second-order valence-electron chi connectivity index (χ2n) is 3.68. The minimum absolute atomic E-state index is 0. The number of carbonyl (C=O) groups excluding carboxylic acids is 1. The van der Waals surface area contributed by atoms with Crippen molar-refractivity contribution in [3.8, 4) is 0 Å². The third-order valence-corrected chi connectivity index (χ3v) is 2.08.